The monoisotopic (exact) mass is 342 g/mol. The Labute approximate surface area is 147 Å². The Hall–Kier alpha value is -1.95. The first kappa shape index (κ1) is 16.5. The Morgan fingerprint density at radius 3 is 2.68 bits per heavy atom. The summed E-state index contributed by atoms with van der Waals surface area (Å²) in [5.41, 5.74) is 1.66. The largest absolute Gasteiger partial charge is 0.394 e. The molecule has 0 spiro atoms. The number of carbonyl (C=O) groups excluding carboxylic acids is 1. The molecule has 2 aromatic heterocycles. The van der Waals surface area contributed by atoms with Crippen LogP contribution in [0.4, 0.5) is 0 Å². The van der Waals surface area contributed by atoms with Gasteiger partial charge in [0, 0.05) is 12.2 Å². The van der Waals surface area contributed by atoms with Gasteiger partial charge in [-0.15, -0.1) is 0 Å². The van der Waals surface area contributed by atoms with E-state index < -0.39 is 5.54 Å². The van der Waals surface area contributed by atoms with Gasteiger partial charge in [0.2, 0.25) is 0 Å². The Bertz CT molecular complexity index is 758. The van der Waals surface area contributed by atoms with Crippen molar-refractivity contribution in [1.82, 2.24) is 19.9 Å². The molecule has 25 heavy (non-hydrogen) atoms. The van der Waals surface area contributed by atoms with Crippen LogP contribution in [0.15, 0.2) is 18.6 Å². The first-order valence-electron chi connectivity index (χ1n) is 9.47. The average molecular weight is 342 g/mol. The summed E-state index contributed by atoms with van der Waals surface area (Å²) in [6.45, 7) is -0.00921. The van der Waals surface area contributed by atoms with E-state index >= 15 is 0 Å². The number of hydrogen-bond donors (Lipinski definition) is 2. The summed E-state index contributed by atoms with van der Waals surface area (Å²) >= 11 is 0. The number of pyridine rings is 1. The average Bonchev–Trinajstić information content (AvgIpc) is 3.31. The molecule has 0 aromatic carbocycles. The van der Waals surface area contributed by atoms with E-state index in [0.717, 1.165) is 36.8 Å². The lowest BCUT2D eigenvalue weighted by molar-refractivity contribution is 0.0758. The standard InChI is InChI=1S/C19H26N4O2/c24-12-19(8-4-1-5-9-19)22-18(25)14-10-16-17(20-11-14)23(13-21-16)15-6-2-3-7-15/h10-11,13,15,24H,1-9,12H2,(H,22,25). The number of amides is 1. The van der Waals surface area contributed by atoms with Gasteiger partial charge in [-0.25, -0.2) is 9.97 Å². The molecule has 0 unspecified atom stereocenters. The summed E-state index contributed by atoms with van der Waals surface area (Å²) < 4.78 is 2.15. The number of aliphatic hydroxyl groups is 1. The van der Waals surface area contributed by atoms with Crippen LogP contribution < -0.4 is 5.32 Å². The van der Waals surface area contributed by atoms with E-state index in [-0.39, 0.29) is 12.5 Å². The fourth-order valence-electron chi connectivity index (χ4n) is 4.36. The molecule has 0 saturated heterocycles. The molecular weight excluding hydrogens is 316 g/mol. The number of carbonyl (C=O) groups is 1. The smallest absolute Gasteiger partial charge is 0.253 e. The maximum absolute atomic E-state index is 12.7. The highest BCUT2D eigenvalue weighted by Gasteiger charge is 2.33. The lowest BCUT2D eigenvalue weighted by Crippen LogP contribution is -2.52. The maximum Gasteiger partial charge on any atom is 0.253 e. The second-order valence-corrected chi connectivity index (χ2v) is 7.61. The van der Waals surface area contributed by atoms with E-state index in [1.165, 1.54) is 32.1 Å². The van der Waals surface area contributed by atoms with Crippen LogP contribution in [0.2, 0.25) is 0 Å². The highest BCUT2D eigenvalue weighted by Crippen LogP contribution is 2.32. The van der Waals surface area contributed by atoms with Crippen molar-refractivity contribution in [3.8, 4) is 0 Å². The number of aliphatic hydroxyl groups excluding tert-OH is 1. The summed E-state index contributed by atoms with van der Waals surface area (Å²) in [5, 5.41) is 12.8. The van der Waals surface area contributed by atoms with Gasteiger partial charge in [-0.05, 0) is 31.7 Å². The first-order chi connectivity index (χ1) is 12.2. The van der Waals surface area contributed by atoms with Crippen molar-refractivity contribution in [2.24, 2.45) is 0 Å². The molecule has 4 rings (SSSR count). The molecule has 0 aliphatic heterocycles. The van der Waals surface area contributed by atoms with Crippen molar-refractivity contribution in [1.29, 1.82) is 0 Å². The van der Waals surface area contributed by atoms with Crippen LogP contribution in [-0.2, 0) is 0 Å². The molecule has 1 amide bonds. The summed E-state index contributed by atoms with van der Waals surface area (Å²) in [4.78, 5) is 21.7. The topological polar surface area (TPSA) is 80.0 Å². The normalized spacial score (nSPS) is 20.8. The molecule has 2 aliphatic rings. The molecule has 2 fully saturated rings. The van der Waals surface area contributed by atoms with Crippen molar-refractivity contribution < 1.29 is 9.90 Å². The second kappa shape index (κ2) is 6.75. The summed E-state index contributed by atoms with van der Waals surface area (Å²) in [5.74, 6) is -0.166. The molecule has 2 aliphatic carbocycles. The third-order valence-electron chi connectivity index (χ3n) is 5.89. The SMILES string of the molecule is O=C(NC1(CO)CCCCC1)c1cnc2c(c1)ncn2C1CCCC1. The van der Waals surface area contributed by atoms with Crippen molar-refractivity contribution in [3.63, 3.8) is 0 Å². The summed E-state index contributed by atoms with van der Waals surface area (Å²) in [7, 11) is 0. The minimum Gasteiger partial charge on any atom is -0.394 e. The molecule has 0 atom stereocenters. The zero-order valence-electron chi connectivity index (χ0n) is 14.6. The molecular formula is C19H26N4O2. The van der Waals surface area contributed by atoms with Gasteiger partial charge in [-0.3, -0.25) is 4.79 Å². The van der Waals surface area contributed by atoms with E-state index in [9.17, 15) is 9.90 Å². The number of fused-ring (bicyclic) bond motifs is 1. The van der Waals surface area contributed by atoms with E-state index in [1.807, 2.05) is 12.4 Å². The van der Waals surface area contributed by atoms with Gasteiger partial charge in [0.05, 0.1) is 24.0 Å². The van der Waals surface area contributed by atoms with Crippen LogP contribution >= 0.6 is 0 Å². The number of nitrogens with zero attached hydrogens (tertiary/aromatic N) is 3. The van der Waals surface area contributed by atoms with Crippen LogP contribution in [0, 0.1) is 0 Å². The van der Waals surface area contributed by atoms with Gasteiger partial charge in [0.25, 0.3) is 5.91 Å². The third-order valence-corrected chi connectivity index (χ3v) is 5.89. The molecule has 6 heteroatoms. The van der Waals surface area contributed by atoms with E-state index in [2.05, 4.69) is 19.9 Å². The molecule has 134 valence electrons. The molecule has 0 radical (unpaired) electrons. The fourth-order valence-corrected chi connectivity index (χ4v) is 4.36. The lowest BCUT2D eigenvalue weighted by atomic mass is 9.82. The van der Waals surface area contributed by atoms with Crippen molar-refractivity contribution in [3.05, 3.63) is 24.2 Å². The number of rotatable bonds is 4. The number of imidazole rings is 1. The molecule has 6 nitrogen and oxygen atoms in total. The summed E-state index contributed by atoms with van der Waals surface area (Å²) in [6.07, 6.45) is 13.3. The highest BCUT2D eigenvalue weighted by atomic mass is 16.3. The Kier molecular flexibility index (Phi) is 4.46. The molecule has 2 aromatic rings. The van der Waals surface area contributed by atoms with Gasteiger partial charge < -0.3 is 15.0 Å². The van der Waals surface area contributed by atoms with Gasteiger partial charge in [0.15, 0.2) is 5.65 Å². The van der Waals surface area contributed by atoms with Crippen molar-refractivity contribution in [2.75, 3.05) is 6.61 Å². The Balaban J connectivity index is 1.55. The number of hydrogen-bond acceptors (Lipinski definition) is 4. The number of aromatic nitrogens is 3. The van der Waals surface area contributed by atoms with Gasteiger partial charge >= 0.3 is 0 Å². The second-order valence-electron chi connectivity index (χ2n) is 7.61. The predicted octanol–water partition coefficient (Wildman–Crippen LogP) is 2.97. The fraction of sp³-hybridized carbons (Fsp3) is 0.632. The van der Waals surface area contributed by atoms with Crippen LogP contribution in [0.5, 0.6) is 0 Å². The van der Waals surface area contributed by atoms with Crippen molar-refractivity contribution >= 4 is 17.1 Å². The first-order valence-corrected chi connectivity index (χ1v) is 9.47. The van der Waals surface area contributed by atoms with Crippen molar-refractivity contribution in [2.45, 2.75) is 69.4 Å². The summed E-state index contributed by atoms with van der Waals surface area (Å²) in [6, 6.07) is 2.30. The minimum absolute atomic E-state index is 0.00921. The van der Waals surface area contributed by atoms with Crippen LogP contribution in [-0.4, -0.2) is 37.7 Å². The zero-order chi connectivity index (χ0) is 17.3. The minimum atomic E-state index is -0.479. The maximum atomic E-state index is 12.7. The van der Waals surface area contributed by atoms with Gasteiger partial charge in [-0.2, -0.15) is 0 Å². The number of nitrogens with one attached hydrogen (secondary N) is 1. The highest BCUT2D eigenvalue weighted by molar-refractivity contribution is 5.96. The van der Waals surface area contributed by atoms with Crippen LogP contribution in [0.1, 0.15) is 74.2 Å². The zero-order valence-corrected chi connectivity index (χ0v) is 14.6. The van der Waals surface area contributed by atoms with E-state index in [1.54, 1.807) is 6.20 Å². The Morgan fingerprint density at radius 2 is 1.96 bits per heavy atom. The molecule has 0 bridgehead atoms. The quantitative estimate of drug-likeness (QED) is 0.895. The third kappa shape index (κ3) is 3.15. The van der Waals surface area contributed by atoms with Gasteiger partial charge in [-0.1, -0.05) is 32.1 Å². The molecule has 2 heterocycles. The van der Waals surface area contributed by atoms with E-state index in [4.69, 9.17) is 0 Å². The molecule has 2 saturated carbocycles. The Morgan fingerprint density at radius 1 is 1.20 bits per heavy atom. The molecule has 2 N–H and O–H groups in total. The van der Waals surface area contributed by atoms with Crippen LogP contribution in [0.3, 0.4) is 0 Å². The lowest BCUT2D eigenvalue weighted by Gasteiger charge is -2.36. The van der Waals surface area contributed by atoms with E-state index in [0.29, 0.717) is 11.6 Å². The predicted molar refractivity (Wildman–Crippen MR) is 95.4 cm³/mol. The van der Waals surface area contributed by atoms with Gasteiger partial charge in [0.1, 0.15) is 5.52 Å². The van der Waals surface area contributed by atoms with Crippen LogP contribution in [0.25, 0.3) is 11.2 Å².